The lowest BCUT2D eigenvalue weighted by atomic mass is 10.1. The molecule has 3 aliphatic rings. The standard InChI is InChI=1S/C14H23N3O3/c18-13(19)8-12(10-3-4-10)15-14(20)17-7-6-16-5-1-2-11(16)9-17/h10-12H,1-9H2,(H,15,20)(H,18,19). The molecule has 1 aliphatic carbocycles. The maximum atomic E-state index is 12.3. The lowest BCUT2D eigenvalue weighted by molar-refractivity contribution is -0.137. The van der Waals surface area contributed by atoms with E-state index in [-0.39, 0.29) is 18.5 Å². The molecule has 0 aromatic carbocycles. The molecule has 6 nitrogen and oxygen atoms in total. The highest BCUT2D eigenvalue weighted by molar-refractivity contribution is 5.76. The zero-order chi connectivity index (χ0) is 14.1. The van der Waals surface area contributed by atoms with E-state index < -0.39 is 5.97 Å². The van der Waals surface area contributed by atoms with Gasteiger partial charge in [0.05, 0.1) is 6.42 Å². The van der Waals surface area contributed by atoms with Gasteiger partial charge in [0.1, 0.15) is 0 Å². The number of aliphatic carboxylic acids is 1. The lowest BCUT2D eigenvalue weighted by Gasteiger charge is -2.38. The van der Waals surface area contributed by atoms with Crippen LogP contribution in [-0.4, -0.2) is 65.2 Å². The normalized spacial score (nSPS) is 28.0. The van der Waals surface area contributed by atoms with Gasteiger partial charge in [-0.15, -0.1) is 0 Å². The van der Waals surface area contributed by atoms with Crippen molar-refractivity contribution in [2.45, 2.75) is 44.2 Å². The molecule has 2 aliphatic heterocycles. The predicted octanol–water partition coefficient (Wildman–Crippen LogP) is 0.729. The minimum Gasteiger partial charge on any atom is -0.481 e. The third kappa shape index (κ3) is 3.06. The van der Waals surface area contributed by atoms with Gasteiger partial charge in [0.25, 0.3) is 0 Å². The summed E-state index contributed by atoms with van der Waals surface area (Å²) >= 11 is 0. The fourth-order valence-electron chi connectivity index (χ4n) is 3.45. The number of hydrogen-bond donors (Lipinski definition) is 2. The molecular formula is C14H23N3O3. The number of carbonyl (C=O) groups is 2. The number of carboxylic acid groups (broad SMARTS) is 1. The molecule has 2 N–H and O–H groups in total. The Labute approximate surface area is 119 Å². The summed E-state index contributed by atoms with van der Waals surface area (Å²) in [6.45, 7) is 3.65. The van der Waals surface area contributed by atoms with Crippen molar-refractivity contribution < 1.29 is 14.7 Å². The van der Waals surface area contributed by atoms with Gasteiger partial charge in [-0.3, -0.25) is 9.69 Å². The monoisotopic (exact) mass is 281 g/mol. The number of fused-ring (bicyclic) bond motifs is 1. The van der Waals surface area contributed by atoms with Gasteiger partial charge in [-0.25, -0.2) is 4.79 Å². The van der Waals surface area contributed by atoms with Crippen LogP contribution in [0.25, 0.3) is 0 Å². The molecule has 112 valence electrons. The summed E-state index contributed by atoms with van der Waals surface area (Å²) in [5, 5.41) is 11.9. The quantitative estimate of drug-likeness (QED) is 0.797. The van der Waals surface area contributed by atoms with Crippen LogP contribution in [0.15, 0.2) is 0 Å². The van der Waals surface area contributed by atoms with Gasteiger partial charge in [0.15, 0.2) is 0 Å². The van der Waals surface area contributed by atoms with E-state index in [9.17, 15) is 9.59 Å². The number of rotatable bonds is 4. The molecule has 0 aromatic rings. The van der Waals surface area contributed by atoms with E-state index in [1.165, 1.54) is 12.8 Å². The number of hydrogen-bond acceptors (Lipinski definition) is 3. The molecule has 0 bridgehead atoms. The SMILES string of the molecule is O=C(O)CC(NC(=O)N1CCN2CCCC2C1)C1CC1. The smallest absolute Gasteiger partial charge is 0.317 e. The Morgan fingerprint density at radius 2 is 2.00 bits per heavy atom. The molecule has 0 aromatic heterocycles. The number of nitrogens with one attached hydrogen (secondary N) is 1. The molecule has 2 unspecified atom stereocenters. The maximum absolute atomic E-state index is 12.3. The van der Waals surface area contributed by atoms with Crippen molar-refractivity contribution in [1.82, 2.24) is 15.1 Å². The third-order valence-corrected chi connectivity index (χ3v) is 4.77. The number of carboxylic acids is 1. The van der Waals surface area contributed by atoms with E-state index in [2.05, 4.69) is 10.2 Å². The summed E-state index contributed by atoms with van der Waals surface area (Å²) in [5.41, 5.74) is 0. The Hall–Kier alpha value is -1.30. The second-order valence-electron chi connectivity index (χ2n) is 6.27. The van der Waals surface area contributed by atoms with E-state index in [0.717, 1.165) is 39.0 Å². The molecule has 3 rings (SSSR count). The zero-order valence-electron chi connectivity index (χ0n) is 11.8. The van der Waals surface area contributed by atoms with Gasteiger partial charge < -0.3 is 15.3 Å². The summed E-state index contributed by atoms with van der Waals surface area (Å²) in [5.74, 6) is -0.467. The van der Waals surface area contributed by atoms with Crippen LogP contribution in [0.5, 0.6) is 0 Å². The van der Waals surface area contributed by atoms with E-state index in [0.29, 0.717) is 12.0 Å². The molecule has 0 spiro atoms. The Kier molecular flexibility index (Phi) is 3.83. The minimum atomic E-state index is -0.831. The highest BCUT2D eigenvalue weighted by atomic mass is 16.4. The van der Waals surface area contributed by atoms with Crippen molar-refractivity contribution in [3.63, 3.8) is 0 Å². The molecule has 2 saturated heterocycles. The van der Waals surface area contributed by atoms with Crippen LogP contribution < -0.4 is 5.32 Å². The van der Waals surface area contributed by atoms with Crippen LogP contribution >= 0.6 is 0 Å². The van der Waals surface area contributed by atoms with Crippen LogP contribution in [0.2, 0.25) is 0 Å². The Morgan fingerprint density at radius 1 is 1.20 bits per heavy atom. The lowest BCUT2D eigenvalue weighted by Crippen LogP contribution is -2.56. The first-order chi connectivity index (χ1) is 9.63. The van der Waals surface area contributed by atoms with E-state index in [1.807, 2.05) is 4.90 Å². The number of carbonyl (C=O) groups excluding carboxylic acids is 1. The Bertz CT molecular complexity index is 397. The highest BCUT2D eigenvalue weighted by Crippen LogP contribution is 2.34. The van der Waals surface area contributed by atoms with Gasteiger partial charge in [0.2, 0.25) is 0 Å². The molecule has 6 heteroatoms. The minimum absolute atomic E-state index is 0.0415. The molecule has 20 heavy (non-hydrogen) atoms. The predicted molar refractivity (Wildman–Crippen MR) is 73.5 cm³/mol. The fraction of sp³-hybridized carbons (Fsp3) is 0.857. The fourth-order valence-corrected chi connectivity index (χ4v) is 3.45. The number of nitrogens with zero attached hydrogens (tertiary/aromatic N) is 2. The summed E-state index contributed by atoms with van der Waals surface area (Å²) in [7, 11) is 0. The molecule has 2 heterocycles. The van der Waals surface area contributed by atoms with E-state index in [4.69, 9.17) is 5.11 Å². The van der Waals surface area contributed by atoms with E-state index >= 15 is 0 Å². The van der Waals surface area contributed by atoms with Crippen LogP contribution in [0, 0.1) is 5.92 Å². The summed E-state index contributed by atoms with van der Waals surface area (Å²) in [6, 6.07) is 0.240. The average Bonchev–Trinajstić information content (AvgIpc) is 3.15. The van der Waals surface area contributed by atoms with Crippen LogP contribution in [0.3, 0.4) is 0 Å². The van der Waals surface area contributed by atoms with Gasteiger partial charge in [-0.2, -0.15) is 0 Å². The Morgan fingerprint density at radius 3 is 2.70 bits per heavy atom. The summed E-state index contributed by atoms with van der Waals surface area (Å²) in [6.07, 6.45) is 4.51. The molecular weight excluding hydrogens is 258 g/mol. The first-order valence-corrected chi connectivity index (χ1v) is 7.65. The van der Waals surface area contributed by atoms with E-state index in [1.54, 1.807) is 0 Å². The number of amides is 2. The molecule has 2 atom stereocenters. The third-order valence-electron chi connectivity index (χ3n) is 4.77. The highest BCUT2D eigenvalue weighted by Gasteiger charge is 2.37. The maximum Gasteiger partial charge on any atom is 0.317 e. The van der Waals surface area contributed by atoms with Gasteiger partial charge in [0, 0.05) is 31.7 Å². The van der Waals surface area contributed by atoms with Crippen molar-refractivity contribution in [2.75, 3.05) is 26.2 Å². The average molecular weight is 281 g/mol. The van der Waals surface area contributed by atoms with Crippen LogP contribution in [0.1, 0.15) is 32.1 Å². The second kappa shape index (κ2) is 5.60. The van der Waals surface area contributed by atoms with Crippen molar-refractivity contribution in [2.24, 2.45) is 5.92 Å². The van der Waals surface area contributed by atoms with Crippen molar-refractivity contribution in [3.8, 4) is 0 Å². The molecule has 0 radical (unpaired) electrons. The van der Waals surface area contributed by atoms with Crippen molar-refractivity contribution in [1.29, 1.82) is 0 Å². The summed E-state index contributed by atoms with van der Waals surface area (Å²) in [4.78, 5) is 27.5. The molecule has 1 saturated carbocycles. The van der Waals surface area contributed by atoms with Crippen molar-refractivity contribution >= 4 is 12.0 Å². The van der Waals surface area contributed by atoms with Gasteiger partial charge in [-0.05, 0) is 38.1 Å². The van der Waals surface area contributed by atoms with Crippen LogP contribution in [0.4, 0.5) is 4.79 Å². The molecule has 2 amide bonds. The van der Waals surface area contributed by atoms with Crippen molar-refractivity contribution in [3.05, 3.63) is 0 Å². The zero-order valence-corrected chi connectivity index (χ0v) is 11.8. The molecule has 3 fully saturated rings. The first-order valence-electron chi connectivity index (χ1n) is 7.65. The number of urea groups is 1. The largest absolute Gasteiger partial charge is 0.481 e. The van der Waals surface area contributed by atoms with Gasteiger partial charge >= 0.3 is 12.0 Å². The topological polar surface area (TPSA) is 72.9 Å². The Balaban J connectivity index is 1.53. The summed E-state index contributed by atoms with van der Waals surface area (Å²) < 4.78 is 0. The van der Waals surface area contributed by atoms with Crippen LogP contribution in [-0.2, 0) is 4.79 Å². The first kappa shape index (κ1) is 13.7. The number of piperazine rings is 1. The second-order valence-corrected chi connectivity index (χ2v) is 6.27. The van der Waals surface area contributed by atoms with Gasteiger partial charge in [-0.1, -0.05) is 0 Å².